The number of nitrogens with one attached hydrogen (secondary N) is 2. The molecule has 21 heavy (non-hydrogen) atoms. The molecule has 0 saturated carbocycles. The fourth-order valence-corrected chi connectivity index (χ4v) is 2.11. The van der Waals surface area contributed by atoms with Crippen molar-refractivity contribution in [3.8, 4) is 0 Å². The highest BCUT2D eigenvalue weighted by atomic mass is 35.5. The number of amides is 1. The lowest BCUT2D eigenvalue weighted by molar-refractivity contribution is -0.115. The van der Waals surface area contributed by atoms with Gasteiger partial charge in [0.05, 0.1) is 15.7 Å². The number of carbonyl (C=O) groups is 1. The van der Waals surface area contributed by atoms with Gasteiger partial charge in [0.15, 0.2) is 0 Å². The average molecular weight is 327 g/mol. The molecule has 0 aromatic heterocycles. The highest BCUT2D eigenvalue weighted by molar-refractivity contribution is 6.43. The van der Waals surface area contributed by atoms with Gasteiger partial charge in [-0.3, -0.25) is 4.79 Å². The number of hydrogen-bond donors (Lipinski definition) is 2. The van der Waals surface area contributed by atoms with E-state index in [4.69, 9.17) is 23.2 Å². The average Bonchev–Trinajstić information content (AvgIpc) is 2.43. The third-order valence-electron chi connectivity index (χ3n) is 2.73. The molecule has 110 valence electrons. The molecule has 6 heteroatoms. The number of benzene rings is 2. The van der Waals surface area contributed by atoms with E-state index < -0.39 is 5.82 Å². The first-order valence-corrected chi connectivity index (χ1v) is 7.05. The van der Waals surface area contributed by atoms with E-state index >= 15 is 0 Å². The van der Waals surface area contributed by atoms with E-state index in [-0.39, 0.29) is 12.3 Å². The molecule has 2 N–H and O–H groups in total. The Hall–Kier alpha value is -1.78. The number of anilines is 2. The van der Waals surface area contributed by atoms with Crippen LogP contribution in [0.3, 0.4) is 0 Å². The third kappa shape index (κ3) is 4.62. The molecule has 3 nitrogen and oxygen atoms in total. The second-order valence-corrected chi connectivity index (χ2v) is 5.12. The molecule has 0 unspecified atom stereocenters. The predicted molar refractivity (Wildman–Crippen MR) is 84.6 cm³/mol. The van der Waals surface area contributed by atoms with Crippen LogP contribution >= 0.6 is 23.2 Å². The Morgan fingerprint density at radius 1 is 1.14 bits per heavy atom. The summed E-state index contributed by atoms with van der Waals surface area (Å²) in [5, 5.41) is 6.52. The van der Waals surface area contributed by atoms with Gasteiger partial charge in [-0.25, -0.2) is 4.39 Å². The van der Waals surface area contributed by atoms with Crippen molar-refractivity contribution in [1.29, 1.82) is 0 Å². The van der Waals surface area contributed by atoms with Crippen LogP contribution in [0.5, 0.6) is 0 Å². The zero-order valence-electron chi connectivity index (χ0n) is 11.0. The Balaban J connectivity index is 1.83. The smallest absolute Gasteiger partial charge is 0.226 e. The molecule has 0 aliphatic rings. The van der Waals surface area contributed by atoms with Gasteiger partial charge in [0.1, 0.15) is 5.82 Å². The molecule has 0 spiro atoms. The Morgan fingerprint density at radius 3 is 2.67 bits per heavy atom. The van der Waals surface area contributed by atoms with Gasteiger partial charge >= 0.3 is 0 Å². The van der Waals surface area contributed by atoms with Gasteiger partial charge in [0.2, 0.25) is 5.91 Å². The number of hydrogen-bond acceptors (Lipinski definition) is 2. The Bertz CT molecular complexity index is 649. The molecule has 2 rings (SSSR count). The van der Waals surface area contributed by atoms with E-state index in [0.29, 0.717) is 28.0 Å². The molecule has 0 bridgehead atoms. The van der Waals surface area contributed by atoms with E-state index in [1.807, 2.05) is 0 Å². The Kier molecular flexibility index (Phi) is 5.42. The van der Waals surface area contributed by atoms with Gasteiger partial charge in [-0.05, 0) is 30.3 Å². The maximum atomic E-state index is 13.0. The maximum absolute atomic E-state index is 13.0. The van der Waals surface area contributed by atoms with Gasteiger partial charge < -0.3 is 10.6 Å². The minimum Gasteiger partial charge on any atom is -0.383 e. The molecule has 0 aliphatic carbocycles. The van der Waals surface area contributed by atoms with Gasteiger partial charge in [-0.1, -0.05) is 35.3 Å². The van der Waals surface area contributed by atoms with Gasteiger partial charge in [-0.15, -0.1) is 0 Å². The highest BCUT2D eigenvalue weighted by Gasteiger charge is 2.06. The summed E-state index contributed by atoms with van der Waals surface area (Å²) in [4.78, 5) is 11.7. The molecule has 0 heterocycles. The van der Waals surface area contributed by atoms with E-state index in [2.05, 4.69) is 10.6 Å². The van der Waals surface area contributed by atoms with Crippen molar-refractivity contribution in [2.24, 2.45) is 0 Å². The van der Waals surface area contributed by atoms with Crippen LogP contribution in [0.25, 0.3) is 0 Å². The molecule has 0 radical (unpaired) electrons. The molecule has 0 fully saturated rings. The molecule has 0 saturated heterocycles. The Labute approximate surface area is 132 Å². The van der Waals surface area contributed by atoms with Crippen LogP contribution in [0.15, 0.2) is 42.5 Å². The van der Waals surface area contributed by atoms with Crippen LogP contribution in [0.2, 0.25) is 10.0 Å². The fraction of sp³-hybridized carbons (Fsp3) is 0.133. The van der Waals surface area contributed by atoms with E-state index in [1.165, 1.54) is 18.2 Å². The summed E-state index contributed by atoms with van der Waals surface area (Å²) >= 11 is 11.9. The lowest BCUT2D eigenvalue weighted by atomic mass is 10.3. The predicted octanol–water partition coefficient (Wildman–Crippen LogP) is 4.57. The van der Waals surface area contributed by atoms with Gasteiger partial charge in [0, 0.05) is 18.7 Å². The van der Waals surface area contributed by atoms with Crippen molar-refractivity contribution >= 4 is 40.5 Å². The monoisotopic (exact) mass is 326 g/mol. The number of halogens is 3. The second-order valence-electron chi connectivity index (χ2n) is 4.34. The van der Waals surface area contributed by atoms with E-state index in [9.17, 15) is 9.18 Å². The molecule has 1 amide bonds. The second kappa shape index (κ2) is 7.29. The van der Waals surface area contributed by atoms with Crippen molar-refractivity contribution in [3.63, 3.8) is 0 Å². The fourth-order valence-electron chi connectivity index (χ4n) is 1.74. The van der Waals surface area contributed by atoms with Crippen molar-refractivity contribution in [2.75, 3.05) is 17.2 Å². The lowest BCUT2D eigenvalue weighted by Crippen LogP contribution is -2.16. The summed E-state index contributed by atoms with van der Waals surface area (Å²) < 4.78 is 13.0. The molecule has 0 aliphatic heterocycles. The highest BCUT2D eigenvalue weighted by Crippen LogP contribution is 2.29. The first-order valence-electron chi connectivity index (χ1n) is 6.29. The van der Waals surface area contributed by atoms with Crippen LogP contribution in [-0.4, -0.2) is 12.5 Å². The minimum absolute atomic E-state index is 0.216. The third-order valence-corrected chi connectivity index (χ3v) is 3.55. The summed E-state index contributed by atoms with van der Waals surface area (Å²) in [7, 11) is 0. The first-order chi connectivity index (χ1) is 10.1. The van der Waals surface area contributed by atoms with Crippen LogP contribution in [0.4, 0.5) is 15.8 Å². The van der Waals surface area contributed by atoms with Crippen LogP contribution < -0.4 is 10.6 Å². The summed E-state index contributed by atoms with van der Waals surface area (Å²) in [6.07, 6.45) is 0.222. The quantitative estimate of drug-likeness (QED) is 0.844. The van der Waals surface area contributed by atoms with Crippen LogP contribution in [-0.2, 0) is 4.79 Å². The summed E-state index contributed by atoms with van der Waals surface area (Å²) in [5.74, 6) is -0.608. The molecule has 2 aromatic carbocycles. The van der Waals surface area contributed by atoms with Crippen molar-refractivity contribution in [3.05, 3.63) is 58.3 Å². The minimum atomic E-state index is -0.392. The van der Waals surface area contributed by atoms with Crippen molar-refractivity contribution in [2.45, 2.75) is 6.42 Å². The standard InChI is InChI=1S/C15H13Cl2FN2O/c16-12-5-2-6-13(15(12)17)19-8-7-14(21)20-11-4-1-3-10(18)9-11/h1-6,9,19H,7-8H2,(H,20,21). The van der Waals surface area contributed by atoms with Gasteiger partial charge in [0.25, 0.3) is 0 Å². The van der Waals surface area contributed by atoms with E-state index in [1.54, 1.807) is 24.3 Å². The van der Waals surface area contributed by atoms with Crippen molar-refractivity contribution < 1.29 is 9.18 Å². The maximum Gasteiger partial charge on any atom is 0.226 e. The first kappa shape index (κ1) is 15.6. The zero-order valence-corrected chi connectivity index (χ0v) is 12.5. The van der Waals surface area contributed by atoms with Gasteiger partial charge in [-0.2, -0.15) is 0 Å². The normalized spacial score (nSPS) is 10.2. The number of rotatable bonds is 5. The largest absolute Gasteiger partial charge is 0.383 e. The Morgan fingerprint density at radius 2 is 1.90 bits per heavy atom. The lowest BCUT2D eigenvalue weighted by Gasteiger charge is -2.09. The molecular weight excluding hydrogens is 314 g/mol. The molecule has 2 aromatic rings. The zero-order chi connectivity index (χ0) is 15.2. The van der Waals surface area contributed by atoms with Crippen LogP contribution in [0.1, 0.15) is 6.42 Å². The number of carbonyl (C=O) groups excluding carboxylic acids is 1. The summed E-state index contributed by atoms with van der Waals surface area (Å²) in [5.41, 5.74) is 1.10. The van der Waals surface area contributed by atoms with Crippen molar-refractivity contribution in [1.82, 2.24) is 0 Å². The SMILES string of the molecule is O=C(CCNc1cccc(Cl)c1Cl)Nc1cccc(F)c1. The summed E-state index contributed by atoms with van der Waals surface area (Å²) in [6.45, 7) is 0.390. The topological polar surface area (TPSA) is 41.1 Å². The molecular formula is C15H13Cl2FN2O. The summed E-state index contributed by atoms with van der Waals surface area (Å²) in [6, 6.07) is 11.0. The molecule has 0 atom stereocenters. The van der Waals surface area contributed by atoms with E-state index in [0.717, 1.165) is 0 Å². The van der Waals surface area contributed by atoms with Crippen LogP contribution in [0, 0.1) is 5.82 Å².